The van der Waals surface area contributed by atoms with E-state index in [0.717, 1.165) is 51.4 Å². The lowest BCUT2D eigenvalue weighted by Crippen LogP contribution is -2.28. The largest absolute Gasteiger partial charge is 0.462 e. The zero-order valence-corrected chi connectivity index (χ0v) is 31.3. The molecule has 0 unspecified atom stereocenters. The van der Waals surface area contributed by atoms with E-state index in [4.69, 9.17) is 9.47 Å². The van der Waals surface area contributed by atoms with Crippen LogP contribution in [0, 0.1) is 0 Å². The van der Waals surface area contributed by atoms with Gasteiger partial charge in [-0.05, 0) is 44.9 Å². The van der Waals surface area contributed by atoms with Gasteiger partial charge in [-0.1, -0.05) is 179 Å². The average Bonchev–Trinajstić information content (AvgIpc) is 3.07. The molecule has 0 rings (SSSR count). The summed E-state index contributed by atoms with van der Waals surface area (Å²) in [6.45, 7) is 4.11. The van der Waals surface area contributed by atoms with Crippen LogP contribution in [0.1, 0.15) is 213 Å². The molecule has 47 heavy (non-hydrogen) atoms. The van der Waals surface area contributed by atoms with Gasteiger partial charge in [0.1, 0.15) is 6.61 Å². The third-order valence-electron chi connectivity index (χ3n) is 9.00. The van der Waals surface area contributed by atoms with Crippen LogP contribution in [0.25, 0.3) is 0 Å². The number of hydrogen-bond acceptors (Lipinski definition) is 5. The minimum atomic E-state index is -0.772. The van der Waals surface area contributed by atoms with E-state index in [9.17, 15) is 14.7 Å². The fourth-order valence-corrected chi connectivity index (χ4v) is 5.88. The third kappa shape index (κ3) is 37.1. The molecule has 0 bridgehead atoms. The van der Waals surface area contributed by atoms with Crippen molar-refractivity contribution in [2.24, 2.45) is 0 Å². The Bertz CT molecular complexity index is 716. The average molecular weight is 663 g/mol. The quantitative estimate of drug-likeness (QED) is 0.0407. The van der Waals surface area contributed by atoms with Gasteiger partial charge in [-0.3, -0.25) is 9.59 Å². The molecule has 0 fully saturated rings. The molecule has 1 atom stereocenters. The molecule has 1 N–H and O–H groups in total. The second-order valence-electron chi connectivity index (χ2n) is 13.7. The highest BCUT2D eigenvalue weighted by atomic mass is 16.6. The fraction of sp³-hybridized carbons (Fsp3) is 0.857. The van der Waals surface area contributed by atoms with Crippen molar-refractivity contribution in [3.05, 3.63) is 24.3 Å². The van der Waals surface area contributed by atoms with Crippen LogP contribution in [0.2, 0.25) is 0 Å². The topological polar surface area (TPSA) is 72.8 Å². The molecule has 5 heteroatoms. The first-order valence-corrected chi connectivity index (χ1v) is 20.4. The normalized spacial score (nSPS) is 12.3. The maximum Gasteiger partial charge on any atom is 0.306 e. The smallest absolute Gasteiger partial charge is 0.306 e. The Morgan fingerprint density at radius 3 is 1.30 bits per heavy atom. The van der Waals surface area contributed by atoms with E-state index < -0.39 is 6.10 Å². The van der Waals surface area contributed by atoms with Crippen LogP contribution in [0.4, 0.5) is 0 Å². The standard InChI is InChI=1S/C42H78O5/c1-3-5-7-9-11-13-15-17-19-20-21-23-25-27-29-31-33-35-37-42(45)47-40(38-43)39-46-41(44)36-34-32-30-28-26-24-22-18-16-14-12-10-8-6-4-2/h12,14,18,22,40,43H,3-11,13,15-17,19-21,23-39H2,1-2H3/b14-12+,22-18+/t40-/m0/s1. The van der Waals surface area contributed by atoms with Crippen molar-refractivity contribution in [2.45, 2.75) is 219 Å². The first-order chi connectivity index (χ1) is 23.1. The monoisotopic (exact) mass is 663 g/mol. The predicted molar refractivity (Wildman–Crippen MR) is 201 cm³/mol. The van der Waals surface area contributed by atoms with E-state index in [1.54, 1.807) is 0 Å². The Balaban J connectivity index is 3.53. The number of aliphatic hydroxyl groups is 1. The van der Waals surface area contributed by atoms with E-state index >= 15 is 0 Å². The van der Waals surface area contributed by atoms with Gasteiger partial charge in [-0.25, -0.2) is 0 Å². The third-order valence-corrected chi connectivity index (χ3v) is 9.00. The molecule has 0 radical (unpaired) electrons. The van der Waals surface area contributed by atoms with Crippen molar-refractivity contribution >= 4 is 11.9 Å². The van der Waals surface area contributed by atoms with Gasteiger partial charge in [-0.15, -0.1) is 0 Å². The summed E-state index contributed by atoms with van der Waals surface area (Å²) < 4.78 is 10.6. The summed E-state index contributed by atoms with van der Waals surface area (Å²) in [4.78, 5) is 24.3. The zero-order chi connectivity index (χ0) is 34.3. The van der Waals surface area contributed by atoms with Crippen molar-refractivity contribution in [3.63, 3.8) is 0 Å². The molecule has 0 amide bonds. The minimum absolute atomic E-state index is 0.0690. The van der Waals surface area contributed by atoms with E-state index in [2.05, 4.69) is 38.2 Å². The SMILES string of the molecule is CCCCC/C=C/C/C=C/CCCCCCCC(=O)OC[C@H](CO)OC(=O)CCCCCCCCCCCCCCCCCCCC. The Kier molecular flexibility index (Phi) is 37.5. The van der Waals surface area contributed by atoms with Crippen LogP contribution in [-0.4, -0.2) is 36.4 Å². The van der Waals surface area contributed by atoms with Gasteiger partial charge < -0.3 is 14.6 Å². The van der Waals surface area contributed by atoms with Gasteiger partial charge in [0.25, 0.3) is 0 Å². The molecule has 0 aromatic carbocycles. The van der Waals surface area contributed by atoms with E-state index in [1.165, 1.54) is 135 Å². The number of carbonyl (C=O) groups excluding carboxylic acids is 2. The van der Waals surface area contributed by atoms with Gasteiger partial charge in [0.15, 0.2) is 6.10 Å². The molecule has 5 nitrogen and oxygen atoms in total. The number of esters is 2. The molecule has 0 aliphatic heterocycles. The van der Waals surface area contributed by atoms with Gasteiger partial charge in [0, 0.05) is 12.8 Å². The molecule has 0 saturated heterocycles. The lowest BCUT2D eigenvalue weighted by Gasteiger charge is -2.15. The highest BCUT2D eigenvalue weighted by molar-refractivity contribution is 5.70. The molecular formula is C42H78O5. The van der Waals surface area contributed by atoms with Crippen molar-refractivity contribution in [1.29, 1.82) is 0 Å². The fourth-order valence-electron chi connectivity index (χ4n) is 5.88. The van der Waals surface area contributed by atoms with Crippen molar-refractivity contribution < 1.29 is 24.2 Å². The highest BCUT2D eigenvalue weighted by Crippen LogP contribution is 2.15. The number of ether oxygens (including phenoxy) is 2. The molecule has 0 aromatic heterocycles. The highest BCUT2D eigenvalue weighted by Gasteiger charge is 2.16. The summed E-state index contributed by atoms with van der Waals surface area (Å²) in [5.74, 6) is -0.598. The second kappa shape index (κ2) is 38.8. The van der Waals surface area contributed by atoms with Gasteiger partial charge in [0.05, 0.1) is 6.61 Å². The lowest BCUT2D eigenvalue weighted by molar-refractivity contribution is -0.161. The number of unbranched alkanes of at least 4 members (excludes halogenated alkanes) is 25. The molecular weight excluding hydrogens is 584 g/mol. The number of hydrogen-bond donors (Lipinski definition) is 1. The minimum Gasteiger partial charge on any atom is -0.462 e. The second-order valence-corrected chi connectivity index (χ2v) is 13.7. The van der Waals surface area contributed by atoms with Crippen molar-refractivity contribution in [3.8, 4) is 0 Å². The molecule has 0 aliphatic rings. The molecule has 276 valence electrons. The van der Waals surface area contributed by atoms with Gasteiger partial charge >= 0.3 is 11.9 Å². The van der Waals surface area contributed by atoms with E-state index in [0.29, 0.717) is 12.8 Å². The van der Waals surface area contributed by atoms with Crippen LogP contribution in [0.5, 0.6) is 0 Å². The number of allylic oxidation sites excluding steroid dienone is 4. The first-order valence-electron chi connectivity index (χ1n) is 20.4. The van der Waals surface area contributed by atoms with Gasteiger partial charge in [-0.2, -0.15) is 0 Å². The van der Waals surface area contributed by atoms with Crippen molar-refractivity contribution in [1.82, 2.24) is 0 Å². The Labute approximate surface area is 292 Å². The lowest BCUT2D eigenvalue weighted by atomic mass is 10.0. The van der Waals surface area contributed by atoms with E-state index in [-0.39, 0.29) is 25.2 Å². The number of carbonyl (C=O) groups is 2. The summed E-state index contributed by atoms with van der Waals surface area (Å²) in [6, 6.07) is 0. The maximum atomic E-state index is 12.2. The predicted octanol–water partition coefficient (Wildman–Crippen LogP) is 12.7. The molecule has 0 heterocycles. The zero-order valence-electron chi connectivity index (χ0n) is 31.3. The van der Waals surface area contributed by atoms with E-state index in [1.807, 2.05) is 0 Å². The van der Waals surface area contributed by atoms with Crippen LogP contribution in [-0.2, 0) is 19.1 Å². The maximum absolute atomic E-state index is 12.2. The Morgan fingerprint density at radius 2 is 0.851 bits per heavy atom. The van der Waals surface area contributed by atoms with Crippen molar-refractivity contribution in [2.75, 3.05) is 13.2 Å². The number of aliphatic hydroxyl groups excluding tert-OH is 1. The summed E-state index contributed by atoms with van der Waals surface area (Å²) in [5, 5.41) is 9.56. The summed E-state index contributed by atoms with van der Waals surface area (Å²) in [6.07, 6.45) is 45.2. The van der Waals surface area contributed by atoms with Crippen LogP contribution in [0.3, 0.4) is 0 Å². The number of rotatable bonds is 37. The Hall–Kier alpha value is -1.62. The molecule has 0 aliphatic carbocycles. The summed E-state index contributed by atoms with van der Waals surface area (Å²) in [7, 11) is 0. The van der Waals surface area contributed by atoms with Crippen LogP contribution >= 0.6 is 0 Å². The first kappa shape index (κ1) is 45.4. The Morgan fingerprint density at radius 1 is 0.489 bits per heavy atom. The molecule has 0 spiro atoms. The molecule has 0 aromatic rings. The molecule has 0 saturated carbocycles. The summed E-state index contributed by atoms with van der Waals surface area (Å²) in [5.41, 5.74) is 0. The van der Waals surface area contributed by atoms with Crippen LogP contribution < -0.4 is 0 Å². The van der Waals surface area contributed by atoms with Gasteiger partial charge in [0.2, 0.25) is 0 Å². The summed E-state index contributed by atoms with van der Waals surface area (Å²) >= 11 is 0. The van der Waals surface area contributed by atoms with Crippen LogP contribution in [0.15, 0.2) is 24.3 Å².